The molecule has 0 aromatic carbocycles. The Balaban J connectivity index is 1.81. The van der Waals surface area contributed by atoms with Crippen molar-refractivity contribution in [1.82, 2.24) is 0 Å². The molecule has 1 heteroatoms. The van der Waals surface area contributed by atoms with Crippen LogP contribution in [0.25, 0.3) is 0 Å². The van der Waals surface area contributed by atoms with Gasteiger partial charge in [-0.1, -0.05) is 26.2 Å². The fourth-order valence-electron chi connectivity index (χ4n) is 5.09. The van der Waals surface area contributed by atoms with Gasteiger partial charge in [0.05, 0.1) is 6.10 Å². The zero-order chi connectivity index (χ0) is 11.1. The standard InChI is InChI=1S/C15H26O/c1-10-6-9-14(16)15-12(10)8-7-11-4-2-3-5-13(11)15/h10-16H,2-9H2,1H3/t10?,11?,12?,13-,14?,15+/m0/s1. The third kappa shape index (κ3) is 1.72. The number of fused-ring (bicyclic) bond motifs is 3. The molecule has 0 radical (unpaired) electrons. The van der Waals surface area contributed by atoms with E-state index < -0.39 is 0 Å². The molecule has 1 nitrogen and oxygen atoms in total. The van der Waals surface area contributed by atoms with Gasteiger partial charge in [-0.2, -0.15) is 0 Å². The molecular formula is C15H26O. The van der Waals surface area contributed by atoms with E-state index in [9.17, 15) is 5.11 Å². The Morgan fingerprint density at radius 2 is 1.62 bits per heavy atom. The minimum absolute atomic E-state index is 0.0344. The number of hydrogen-bond acceptors (Lipinski definition) is 1. The van der Waals surface area contributed by atoms with Crippen LogP contribution in [0.3, 0.4) is 0 Å². The van der Waals surface area contributed by atoms with Crippen molar-refractivity contribution in [2.45, 2.75) is 64.4 Å². The number of aliphatic hydroxyl groups is 1. The highest BCUT2D eigenvalue weighted by Crippen LogP contribution is 2.52. The van der Waals surface area contributed by atoms with Gasteiger partial charge in [0.15, 0.2) is 0 Å². The first-order chi connectivity index (χ1) is 7.77. The summed E-state index contributed by atoms with van der Waals surface area (Å²) < 4.78 is 0. The molecule has 3 rings (SSSR count). The lowest BCUT2D eigenvalue weighted by atomic mass is 9.55. The van der Waals surface area contributed by atoms with E-state index in [1.807, 2.05) is 0 Å². The molecule has 0 aromatic rings. The van der Waals surface area contributed by atoms with Gasteiger partial charge < -0.3 is 5.11 Å². The average molecular weight is 222 g/mol. The van der Waals surface area contributed by atoms with Gasteiger partial charge in [0, 0.05) is 0 Å². The minimum atomic E-state index is 0.0344. The second kappa shape index (κ2) is 4.33. The van der Waals surface area contributed by atoms with Gasteiger partial charge in [-0.3, -0.25) is 0 Å². The molecule has 3 aliphatic carbocycles. The zero-order valence-electron chi connectivity index (χ0n) is 10.6. The van der Waals surface area contributed by atoms with Gasteiger partial charge in [-0.05, 0) is 61.7 Å². The molecule has 92 valence electrons. The van der Waals surface area contributed by atoms with Gasteiger partial charge in [-0.15, -0.1) is 0 Å². The van der Waals surface area contributed by atoms with Crippen molar-refractivity contribution in [3.8, 4) is 0 Å². The van der Waals surface area contributed by atoms with Crippen LogP contribution in [0, 0.1) is 29.6 Å². The molecule has 16 heavy (non-hydrogen) atoms. The van der Waals surface area contributed by atoms with E-state index >= 15 is 0 Å². The first kappa shape index (κ1) is 11.1. The minimum Gasteiger partial charge on any atom is -0.393 e. The molecule has 0 spiro atoms. The number of hydrogen-bond donors (Lipinski definition) is 1. The van der Waals surface area contributed by atoms with Gasteiger partial charge >= 0.3 is 0 Å². The van der Waals surface area contributed by atoms with Crippen LogP contribution in [0.4, 0.5) is 0 Å². The lowest BCUT2D eigenvalue weighted by molar-refractivity contribution is -0.0788. The Bertz CT molecular complexity index is 250. The second-order valence-corrected chi connectivity index (χ2v) is 6.65. The summed E-state index contributed by atoms with van der Waals surface area (Å²) in [6, 6.07) is 0. The van der Waals surface area contributed by atoms with Crippen LogP contribution in [-0.4, -0.2) is 11.2 Å². The quantitative estimate of drug-likeness (QED) is 0.664. The molecule has 3 aliphatic rings. The third-order valence-electron chi connectivity index (χ3n) is 5.92. The summed E-state index contributed by atoms with van der Waals surface area (Å²) in [6.07, 6.45) is 11.0. The molecule has 1 N–H and O–H groups in total. The van der Waals surface area contributed by atoms with Crippen LogP contribution >= 0.6 is 0 Å². The Kier molecular flexibility index (Phi) is 2.99. The summed E-state index contributed by atoms with van der Waals surface area (Å²) in [4.78, 5) is 0. The SMILES string of the molecule is CC1CCC(O)[C@@H]2C1CCC1CCCC[C@@H]12. The predicted molar refractivity (Wildman–Crippen MR) is 66.1 cm³/mol. The summed E-state index contributed by atoms with van der Waals surface area (Å²) in [6.45, 7) is 2.42. The van der Waals surface area contributed by atoms with E-state index in [4.69, 9.17) is 0 Å². The van der Waals surface area contributed by atoms with Gasteiger partial charge in [0.25, 0.3) is 0 Å². The fourth-order valence-corrected chi connectivity index (χ4v) is 5.09. The Hall–Kier alpha value is -0.0400. The maximum atomic E-state index is 10.4. The van der Waals surface area contributed by atoms with E-state index in [-0.39, 0.29) is 6.10 Å². The van der Waals surface area contributed by atoms with E-state index in [0.717, 1.165) is 30.1 Å². The topological polar surface area (TPSA) is 20.2 Å². The summed E-state index contributed by atoms with van der Waals surface area (Å²) in [5.41, 5.74) is 0. The van der Waals surface area contributed by atoms with Gasteiger partial charge in [0.1, 0.15) is 0 Å². The van der Waals surface area contributed by atoms with E-state index in [0.29, 0.717) is 5.92 Å². The molecule has 0 heterocycles. The number of rotatable bonds is 0. The Morgan fingerprint density at radius 3 is 2.50 bits per heavy atom. The fraction of sp³-hybridized carbons (Fsp3) is 1.00. The molecular weight excluding hydrogens is 196 g/mol. The van der Waals surface area contributed by atoms with E-state index in [2.05, 4.69) is 6.92 Å². The third-order valence-corrected chi connectivity index (χ3v) is 5.92. The maximum absolute atomic E-state index is 10.4. The van der Waals surface area contributed by atoms with Crippen LogP contribution in [0.5, 0.6) is 0 Å². The van der Waals surface area contributed by atoms with Crippen molar-refractivity contribution in [1.29, 1.82) is 0 Å². The Labute approximate surface area is 99.6 Å². The van der Waals surface area contributed by atoms with Crippen LogP contribution in [0.15, 0.2) is 0 Å². The van der Waals surface area contributed by atoms with Gasteiger partial charge in [0.2, 0.25) is 0 Å². The highest BCUT2D eigenvalue weighted by atomic mass is 16.3. The lowest BCUT2D eigenvalue weighted by Crippen LogP contribution is -2.47. The highest BCUT2D eigenvalue weighted by Gasteiger charge is 2.46. The van der Waals surface area contributed by atoms with Crippen molar-refractivity contribution in [2.75, 3.05) is 0 Å². The predicted octanol–water partition coefficient (Wildman–Crippen LogP) is 3.61. The van der Waals surface area contributed by atoms with E-state index in [1.165, 1.54) is 44.9 Å². The van der Waals surface area contributed by atoms with Crippen molar-refractivity contribution < 1.29 is 5.11 Å². The van der Waals surface area contributed by atoms with Gasteiger partial charge in [-0.25, -0.2) is 0 Å². The monoisotopic (exact) mass is 222 g/mol. The molecule has 3 saturated carbocycles. The lowest BCUT2D eigenvalue weighted by Gasteiger charge is -2.52. The van der Waals surface area contributed by atoms with Crippen molar-refractivity contribution in [3.63, 3.8) is 0 Å². The van der Waals surface area contributed by atoms with Crippen molar-refractivity contribution in [2.24, 2.45) is 29.6 Å². The van der Waals surface area contributed by atoms with Crippen LogP contribution in [0.2, 0.25) is 0 Å². The normalized spacial score (nSPS) is 52.9. The van der Waals surface area contributed by atoms with Crippen molar-refractivity contribution >= 4 is 0 Å². The molecule has 6 atom stereocenters. The summed E-state index contributed by atoms with van der Waals surface area (Å²) >= 11 is 0. The highest BCUT2D eigenvalue weighted by molar-refractivity contribution is 4.96. The zero-order valence-corrected chi connectivity index (χ0v) is 10.6. The maximum Gasteiger partial charge on any atom is 0.0574 e. The largest absolute Gasteiger partial charge is 0.393 e. The van der Waals surface area contributed by atoms with Crippen LogP contribution in [0.1, 0.15) is 58.3 Å². The molecule has 0 aliphatic heterocycles. The van der Waals surface area contributed by atoms with Crippen LogP contribution in [-0.2, 0) is 0 Å². The first-order valence-corrected chi connectivity index (χ1v) is 7.45. The van der Waals surface area contributed by atoms with Crippen molar-refractivity contribution in [3.05, 3.63) is 0 Å². The molecule has 0 amide bonds. The summed E-state index contributed by atoms with van der Waals surface area (Å²) in [5, 5.41) is 10.4. The summed E-state index contributed by atoms with van der Waals surface area (Å²) in [7, 11) is 0. The number of aliphatic hydroxyl groups excluding tert-OH is 1. The second-order valence-electron chi connectivity index (χ2n) is 6.65. The first-order valence-electron chi connectivity index (χ1n) is 7.45. The van der Waals surface area contributed by atoms with E-state index in [1.54, 1.807) is 0 Å². The summed E-state index contributed by atoms with van der Waals surface area (Å²) in [5.74, 6) is 4.24. The smallest absolute Gasteiger partial charge is 0.0574 e. The molecule has 0 aromatic heterocycles. The molecule has 3 fully saturated rings. The molecule has 0 saturated heterocycles. The molecule has 0 bridgehead atoms. The van der Waals surface area contributed by atoms with Crippen LogP contribution < -0.4 is 0 Å². The molecule has 4 unspecified atom stereocenters. The average Bonchev–Trinajstić information content (AvgIpc) is 2.33. The Morgan fingerprint density at radius 1 is 0.812 bits per heavy atom.